The zero-order valence-corrected chi connectivity index (χ0v) is 13.1. The van der Waals surface area contributed by atoms with Crippen LogP contribution in [0.15, 0.2) is 54.6 Å². The molecule has 3 nitrogen and oxygen atoms in total. The Kier molecular flexibility index (Phi) is 5.65. The van der Waals surface area contributed by atoms with Gasteiger partial charge in [0.15, 0.2) is 9.84 Å². The molecule has 21 heavy (non-hydrogen) atoms. The second-order valence-corrected chi connectivity index (χ2v) is 7.27. The van der Waals surface area contributed by atoms with Gasteiger partial charge < -0.3 is 4.90 Å². The van der Waals surface area contributed by atoms with E-state index in [1.54, 1.807) is 0 Å². The zero-order valence-electron chi connectivity index (χ0n) is 11.6. The summed E-state index contributed by atoms with van der Waals surface area (Å²) in [7, 11) is -3.12. The summed E-state index contributed by atoms with van der Waals surface area (Å²) in [6.45, 7) is 0.396. The van der Waals surface area contributed by atoms with Crippen LogP contribution in [0, 0.1) is 6.07 Å². The summed E-state index contributed by atoms with van der Waals surface area (Å²) in [5, 5.41) is 0. The molecule has 2 rings (SSSR count). The lowest BCUT2D eigenvalue weighted by Crippen LogP contribution is -2.26. The van der Waals surface area contributed by atoms with Crippen molar-refractivity contribution in [3.63, 3.8) is 0 Å². The molecule has 0 saturated carbocycles. The molecule has 5 heteroatoms. The van der Waals surface area contributed by atoms with Crippen molar-refractivity contribution < 1.29 is 8.42 Å². The van der Waals surface area contributed by atoms with E-state index < -0.39 is 9.84 Å². The number of nitrogens with zero attached hydrogens (tertiary/aromatic N) is 1. The second-order valence-electron chi connectivity index (χ2n) is 4.59. The van der Waals surface area contributed by atoms with E-state index in [0.29, 0.717) is 6.54 Å². The van der Waals surface area contributed by atoms with Crippen LogP contribution in [-0.2, 0) is 9.84 Å². The van der Waals surface area contributed by atoms with Crippen LogP contribution in [0.3, 0.4) is 0 Å². The summed E-state index contributed by atoms with van der Waals surface area (Å²) in [6.07, 6.45) is 0. The number of hydrogen-bond donors (Lipinski definition) is 0. The number of anilines is 2. The molecule has 0 aliphatic rings. The van der Waals surface area contributed by atoms with Crippen molar-refractivity contribution in [1.29, 1.82) is 0 Å². The van der Waals surface area contributed by atoms with Crippen molar-refractivity contribution in [3.8, 4) is 0 Å². The van der Waals surface area contributed by atoms with Crippen molar-refractivity contribution in [2.45, 2.75) is 0 Å². The Hall–Kier alpha value is -1.52. The number of para-hydroxylation sites is 1. The third-order valence-corrected chi connectivity index (χ3v) is 5.14. The van der Waals surface area contributed by atoms with Gasteiger partial charge in [0, 0.05) is 23.8 Å². The SMILES string of the molecule is O=S(=O)(CCCl)CCN(c1cc[c]cc1)c1ccccc1. The first kappa shape index (κ1) is 15.9. The van der Waals surface area contributed by atoms with Crippen LogP contribution in [0.2, 0.25) is 0 Å². The maximum absolute atomic E-state index is 11.9. The topological polar surface area (TPSA) is 37.4 Å². The smallest absolute Gasteiger partial charge is 0.153 e. The van der Waals surface area contributed by atoms with Crippen LogP contribution in [0.1, 0.15) is 0 Å². The van der Waals surface area contributed by atoms with E-state index in [4.69, 9.17) is 11.6 Å². The minimum absolute atomic E-state index is 0.0136. The van der Waals surface area contributed by atoms with Crippen molar-refractivity contribution in [3.05, 3.63) is 60.7 Å². The van der Waals surface area contributed by atoms with E-state index in [2.05, 4.69) is 6.07 Å². The predicted octanol–water partition coefficient (Wildman–Crippen LogP) is 3.28. The molecule has 1 radical (unpaired) electrons. The summed E-state index contributed by atoms with van der Waals surface area (Å²) < 4.78 is 23.8. The molecule has 111 valence electrons. The fourth-order valence-corrected chi connectivity index (χ4v) is 3.63. The Morgan fingerprint density at radius 3 is 2.19 bits per heavy atom. The lowest BCUT2D eigenvalue weighted by molar-refractivity contribution is 0.597. The first-order valence-corrected chi connectivity index (χ1v) is 9.03. The van der Waals surface area contributed by atoms with Crippen LogP contribution in [0.25, 0.3) is 0 Å². The summed E-state index contributed by atoms with van der Waals surface area (Å²) in [5.41, 5.74) is 1.91. The number of benzene rings is 2. The van der Waals surface area contributed by atoms with E-state index in [0.717, 1.165) is 11.4 Å². The van der Waals surface area contributed by atoms with Gasteiger partial charge in [0.2, 0.25) is 0 Å². The molecule has 0 fully saturated rings. The Balaban J connectivity index is 2.22. The Bertz CT molecular complexity index is 605. The van der Waals surface area contributed by atoms with E-state index in [-0.39, 0.29) is 17.4 Å². The van der Waals surface area contributed by atoms with E-state index in [9.17, 15) is 8.42 Å². The van der Waals surface area contributed by atoms with E-state index in [1.165, 1.54) is 0 Å². The van der Waals surface area contributed by atoms with Gasteiger partial charge in [0.1, 0.15) is 0 Å². The van der Waals surface area contributed by atoms with Crippen molar-refractivity contribution in [2.24, 2.45) is 0 Å². The molecule has 2 aromatic rings. The third kappa shape index (κ3) is 4.76. The Morgan fingerprint density at radius 2 is 1.57 bits per heavy atom. The monoisotopic (exact) mass is 322 g/mol. The normalized spacial score (nSPS) is 11.3. The summed E-state index contributed by atoms with van der Waals surface area (Å²) in [6, 6.07) is 20.2. The van der Waals surface area contributed by atoms with Gasteiger partial charge in [-0.2, -0.15) is 0 Å². The highest BCUT2D eigenvalue weighted by atomic mass is 35.5. The standard InChI is InChI=1S/C16H17ClNO2S/c17-11-13-21(19,20)14-12-18(15-7-3-1-4-8-15)16-9-5-2-6-10-16/h1,3-10H,11-14H2. The molecule has 0 bridgehead atoms. The molecule has 0 aliphatic heterocycles. The fraction of sp³-hybridized carbons (Fsp3) is 0.250. The Morgan fingerprint density at radius 1 is 0.952 bits per heavy atom. The van der Waals surface area contributed by atoms with Gasteiger partial charge in [-0.05, 0) is 30.3 Å². The first-order chi connectivity index (χ1) is 10.1. The van der Waals surface area contributed by atoms with E-state index >= 15 is 0 Å². The lowest BCUT2D eigenvalue weighted by atomic mass is 10.2. The highest BCUT2D eigenvalue weighted by Crippen LogP contribution is 2.24. The molecule has 0 heterocycles. The molecular formula is C16H17ClNO2S. The van der Waals surface area contributed by atoms with Crippen molar-refractivity contribution >= 4 is 32.8 Å². The summed E-state index contributed by atoms with van der Waals surface area (Å²) >= 11 is 5.54. The molecule has 0 amide bonds. The minimum Gasteiger partial charge on any atom is -0.340 e. The fourth-order valence-electron chi connectivity index (χ4n) is 2.02. The minimum atomic E-state index is -3.12. The zero-order chi connectivity index (χ0) is 15.1. The molecule has 0 N–H and O–H groups in total. The van der Waals surface area contributed by atoms with Crippen LogP contribution >= 0.6 is 11.6 Å². The summed E-state index contributed by atoms with van der Waals surface area (Å²) in [4.78, 5) is 1.99. The van der Waals surface area contributed by atoms with Crippen LogP contribution in [0.4, 0.5) is 11.4 Å². The Labute approximate surface area is 131 Å². The lowest BCUT2D eigenvalue weighted by Gasteiger charge is -2.24. The number of alkyl halides is 1. The highest BCUT2D eigenvalue weighted by Gasteiger charge is 2.15. The highest BCUT2D eigenvalue weighted by molar-refractivity contribution is 7.91. The number of rotatable bonds is 7. The van der Waals surface area contributed by atoms with Crippen molar-refractivity contribution in [1.82, 2.24) is 0 Å². The summed E-state index contributed by atoms with van der Waals surface area (Å²) in [5.74, 6) is 0.223. The second kappa shape index (κ2) is 7.48. The van der Waals surface area contributed by atoms with Gasteiger partial charge in [0.25, 0.3) is 0 Å². The van der Waals surface area contributed by atoms with Crippen molar-refractivity contribution in [2.75, 3.05) is 28.8 Å². The van der Waals surface area contributed by atoms with Gasteiger partial charge >= 0.3 is 0 Å². The number of sulfone groups is 1. The molecule has 0 unspecified atom stereocenters. The molecule has 2 aromatic carbocycles. The van der Waals surface area contributed by atoms with Crippen LogP contribution in [0.5, 0.6) is 0 Å². The first-order valence-electron chi connectivity index (χ1n) is 6.67. The number of hydrogen-bond acceptors (Lipinski definition) is 3. The average molecular weight is 323 g/mol. The molecule has 0 aromatic heterocycles. The molecular weight excluding hydrogens is 306 g/mol. The van der Waals surface area contributed by atoms with Gasteiger partial charge in [-0.1, -0.05) is 30.3 Å². The van der Waals surface area contributed by atoms with Gasteiger partial charge in [-0.3, -0.25) is 0 Å². The molecule has 0 aliphatic carbocycles. The van der Waals surface area contributed by atoms with Gasteiger partial charge in [-0.15, -0.1) is 11.6 Å². The molecule has 0 spiro atoms. The molecule has 0 atom stereocenters. The van der Waals surface area contributed by atoms with Gasteiger partial charge in [-0.25, -0.2) is 8.42 Å². The largest absolute Gasteiger partial charge is 0.340 e. The predicted molar refractivity (Wildman–Crippen MR) is 88.1 cm³/mol. The molecule has 0 saturated heterocycles. The number of halogens is 1. The average Bonchev–Trinajstić information content (AvgIpc) is 2.49. The maximum atomic E-state index is 11.9. The quantitative estimate of drug-likeness (QED) is 0.734. The van der Waals surface area contributed by atoms with Crippen LogP contribution < -0.4 is 4.90 Å². The van der Waals surface area contributed by atoms with Crippen LogP contribution in [-0.4, -0.2) is 32.3 Å². The third-order valence-electron chi connectivity index (χ3n) is 3.09. The maximum Gasteiger partial charge on any atom is 0.153 e. The van der Waals surface area contributed by atoms with Gasteiger partial charge in [0.05, 0.1) is 11.5 Å². The van der Waals surface area contributed by atoms with E-state index in [1.807, 2.05) is 59.5 Å².